The number of aromatic nitrogens is 3. The molecule has 4 aromatic rings. The lowest BCUT2D eigenvalue weighted by Gasteiger charge is -2.39. The van der Waals surface area contributed by atoms with Crippen molar-refractivity contribution in [2.75, 3.05) is 29.9 Å². The van der Waals surface area contributed by atoms with Gasteiger partial charge in [0.05, 0.1) is 17.1 Å². The fraction of sp³-hybridized carbons (Fsp3) is 0.240. The van der Waals surface area contributed by atoms with Gasteiger partial charge in [-0.15, -0.1) is 0 Å². The maximum Gasteiger partial charge on any atom is 0.325 e. The molecule has 32 heavy (non-hydrogen) atoms. The Balaban J connectivity index is 1.28. The summed E-state index contributed by atoms with van der Waals surface area (Å²) in [6.45, 7) is 2.09. The van der Waals surface area contributed by atoms with Crippen molar-refractivity contribution in [1.82, 2.24) is 15.0 Å². The molecular formula is C25H25N5O2. The van der Waals surface area contributed by atoms with Crippen LogP contribution in [0.2, 0.25) is 0 Å². The molecule has 2 aromatic heterocycles. The van der Waals surface area contributed by atoms with Crippen LogP contribution in [0.5, 0.6) is 17.6 Å². The Labute approximate surface area is 186 Å². The van der Waals surface area contributed by atoms with Crippen LogP contribution >= 0.6 is 0 Å². The van der Waals surface area contributed by atoms with Gasteiger partial charge in [-0.3, -0.25) is 4.98 Å². The fourth-order valence-electron chi connectivity index (χ4n) is 4.20. The molecule has 1 aliphatic rings. The van der Waals surface area contributed by atoms with E-state index in [0.29, 0.717) is 22.7 Å². The van der Waals surface area contributed by atoms with Gasteiger partial charge in [0.2, 0.25) is 5.88 Å². The average molecular weight is 428 g/mol. The summed E-state index contributed by atoms with van der Waals surface area (Å²) in [6, 6.07) is 20.7. The molecule has 162 valence electrons. The van der Waals surface area contributed by atoms with Crippen LogP contribution in [-0.2, 0) is 0 Å². The second-order valence-electron chi connectivity index (χ2n) is 8.01. The number of benzene rings is 2. The number of aromatic hydroxyl groups is 1. The third kappa shape index (κ3) is 4.14. The summed E-state index contributed by atoms with van der Waals surface area (Å²) >= 11 is 0. The first-order chi connectivity index (χ1) is 15.7. The Morgan fingerprint density at radius 3 is 2.66 bits per heavy atom. The number of fused-ring (bicyclic) bond motifs is 1. The molecule has 7 nitrogen and oxygen atoms in total. The SMILES string of the molecule is CN(c1ccc(Oc2nc(O)c3ccncc3n2)cc1)C1CCCN(c2ccccc2)C1. The minimum atomic E-state index is -0.121. The Bertz CT molecular complexity index is 1200. The maximum absolute atomic E-state index is 10.1. The molecule has 1 N–H and O–H groups in total. The third-order valence-corrected chi connectivity index (χ3v) is 5.98. The average Bonchev–Trinajstić information content (AvgIpc) is 2.85. The maximum atomic E-state index is 10.1. The number of hydrogen-bond acceptors (Lipinski definition) is 7. The molecule has 1 unspecified atom stereocenters. The van der Waals surface area contributed by atoms with Crippen molar-refractivity contribution >= 4 is 22.3 Å². The van der Waals surface area contributed by atoms with E-state index in [1.807, 2.05) is 24.3 Å². The normalized spacial score (nSPS) is 16.2. The number of nitrogens with zero attached hydrogens (tertiary/aromatic N) is 5. The number of pyridine rings is 1. The summed E-state index contributed by atoms with van der Waals surface area (Å²) in [5.41, 5.74) is 2.94. The van der Waals surface area contributed by atoms with Crippen molar-refractivity contribution in [3.05, 3.63) is 73.1 Å². The highest BCUT2D eigenvalue weighted by atomic mass is 16.5. The Morgan fingerprint density at radius 2 is 1.84 bits per heavy atom. The van der Waals surface area contributed by atoms with Crippen LogP contribution in [0, 0.1) is 0 Å². The summed E-state index contributed by atoms with van der Waals surface area (Å²) in [4.78, 5) is 17.2. The molecule has 3 heterocycles. The highest BCUT2D eigenvalue weighted by molar-refractivity contribution is 5.82. The summed E-state index contributed by atoms with van der Waals surface area (Å²) in [5, 5.41) is 10.7. The van der Waals surface area contributed by atoms with E-state index >= 15 is 0 Å². The number of anilines is 2. The second kappa shape index (κ2) is 8.70. The van der Waals surface area contributed by atoms with Crippen molar-refractivity contribution in [2.24, 2.45) is 0 Å². The Kier molecular flexibility index (Phi) is 5.46. The van der Waals surface area contributed by atoms with Crippen LogP contribution in [0.4, 0.5) is 11.4 Å². The summed E-state index contributed by atoms with van der Waals surface area (Å²) < 4.78 is 5.79. The first kappa shape index (κ1) is 20.1. The standard InChI is InChI=1S/C25H25N5O2/c1-29(20-8-5-15-30(17-20)19-6-3-2-4-7-19)18-9-11-21(12-10-18)32-25-27-23-16-26-14-13-22(23)24(31)28-25/h2-4,6-7,9-14,16,20H,5,8,15,17H2,1H3,(H,27,28,31). The molecule has 0 radical (unpaired) electrons. The molecular weight excluding hydrogens is 402 g/mol. The van der Waals surface area contributed by atoms with E-state index in [9.17, 15) is 5.11 Å². The topological polar surface area (TPSA) is 74.6 Å². The molecule has 1 fully saturated rings. The van der Waals surface area contributed by atoms with Gasteiger partial charge in [-0.2, -0.15) is 9.97 Å². The molecule has 0 amide bonds. The molecule has 7 heteroatoms. The van der Waals surface area contributed by atoms with Gasteiger partial charge in [-0.25, -0.2) is 0 Å². The second-order valence-corrected chi connectivity index (χ2v) is 8.01. The Hall–Kier alpha value is -3.87. The van der Waals surface area contributed by atoms with E-state index in [0.717, 1.165) is 25.2 Å². The minimum absolute atomic E-state index is 0.0925. The van der Waals surface area contributed by atoms with E-state index in [-0.39, 0.29) is 11.9 Å². The van der Waals surface area contributed by atoms with Crippen LogP contribution < -0.4 is 14.5 Å². The fourth-order valence-corrected chi connectivity index (χ4v) is 4.20. The smallest absolute Gasteiger partial charge is 0.325 e. The van der Waals surface area contributed by atoms with E-state index in [2.05, 4.69) is 62.1 Å². The zero-order chi connectivity index (χ0) is 21.9. The van der Waals surface area contributed by atoms with Gasteiger partial charge in [0, 0.05) is 43.8 Å². The Morgan fingerprint density at radius 1 is 1.03 bits per heavy atom. The highest BCUT2D eigenvalue weighted by Gasteiger charge is 2.23. The van der Waals surface area contributed by atoms with E-state index in [1.165, 1.54) is 12.1 Å². The van der Waals surface area contributed by atoms with Crippen molar-refractivity contribution in [3.8, 4) is 17.6 Å². The van der Waals surface area contributed by atoms with Crippen molar-refractivity contribution in [2.45, 2.75) is 18.9 Å². The lowest BCUT2D eigenvalue weighted by Crippen LogP contribution is -2.46. The number of likely N-dealkylation sites (N-methyl/N-ethyl adjacent to an activating group) is 1. The number of ether oxygens (including phenoxy) is 1. The summed E-state index contributed by atoms with van der Waals surface area (Å²) in [5.74, 6) is 0.489. The van der Waals surface area contributed by atoms with Gasteiger partial charge in [0.25, 0.3) is 0 Å². The number of piperidine rings is 1. The predicted molar refractivity (Wildman–Crippen MR) is 126 cm³/mol. The molecule has 1 atom stereocenters. The van der Waals surface area contributed by atoms with Gasteiger partial charge in [0.15, 0.2) is 0 Å². The zero-order valence-electron chi connectivity index (χ0n) is 17.9. The first-order valence-electron chi connectivity index (χ1n) is 10.8. The largest absolute Gasteiger partial charge is 0.493 e. The molecule has 0 aliphatic carbocycles. The van der Waals surface area contributed by atoms with Crippen LogP contribution in [0.3, 0.4) is 0 Å². The van der Waals surface area contributed by atoms with Gasteiger partial charge in [-0.1, -0.05) is 18.2 Å². The molecule has 0 saturated carbocycles. The third-order valence-electron chi connectivity index (χ3n) is 5.98. The summed E-state index contributed by atoms with van der Waals surface area (Å²) in [7, 11) is 2.15. The molecule has 0 bridgehead atoms. The van der Waals surface area contributed by atoms with Crippen molar-refractivity contribution in [1.29, 1.82) is 0 Å². The number of rotatable bonds is 5. The first-order valence-corrected chi connectivity index (χ1v) is 10.8. The van der Waals surface area contributed by atoms with E-state index in [1.54, 1.807) is 18.5 Å². The molecule has 5 rings (SSSR count). The minimum Gasteiger partial charge on any atom is -0.493 e. The van der Waals surface area contributed by atoms with E-state index in [4.69, 9.17) is 4.74 Å². The monoisotopic (exact) mass is 427 g/mol. The van der Waals surface area contributed by atoms with Crippen LogP contribution in [-0.4, -0.2) is 46.2 Å². The van der Waals surface area contributed by atoms with Gasteiger partial charge >= 0.3 is 6.01 Å². The van der Waals surface area contributed by atoms with Gasteiger partial charge in [-0.05, 0) is 55.3 Å². The molecule has 0 spiro atoms. The van der Waals surface area contributed by atoms with Gasteiger partial charge in [0.1, 0.15) is 5.75 Å². The molecule has 2 aromatic carbocycles. The van der Waals surface area contributed by atoms with E-state index < -0.39 is 0 Å². The lowest BCUT2D eigenvalue weighted by atomic mass is 10.0. The lowest BCUT2D eigenvalue weighted by molar-refractivity contribution is 0.412. The molecule has 1 saturated heterocycles. The van der Waals surface area contributed by atoms with Crippen LogP contribution in [0.25, 0.3) is 10.9 Å². The zero-order valence-corrected chi connectivity index (χ0v) is 17.9. The summed E-state index contributed by atoms with van der Waals surface area (Å²) in [6.07, 6.45) is 5.50. The van der Waals surface area contributed by atoms with Crippen LogP contribution in [0.15, 0.2) is 73.1 Å². The highest BCUT2D eigenvalue weighted by Crippen LogP contribution is 2.29. The van der Waals surface area contributed by atoms with Crippen LogP contribution in [0.1, 0.15) is 12.8 Å². The predicted octanol–water partition coefficient (Wildman–Crippen LogP) is 4.63. The van der Waals surface area contributed by atoms with Gasteiger partial charge < -0.3 is 19.6 Å². The molecule has 1 aliphatic heterocycles. The number of hydrogen-bond donors (Lipinski definition) is 1. The quantitative estimate of drug-likeness (QED) is 0.498. The van der Waals surface area contributed by atoms with Crippen molar-refractivity contribution in [3.63, 3.8) is 0 Å². The number of para-hydroxylation sites is 1. The van der Waals surface area contributed by atoms with Crippen molar-refractivity contribution < 1.29 is 9.84 Å².